The Bertz CT molecular complexity index is 327. The average molecular weight is 229 g/mol. The molecule has 0 spiro atoms. The van der Waals surface area contributed by atoms with Gasteiger partial charge in [-0.05, 0) is 35.8 Å². The Labute approximate surface area is 93.5 Å². The fraction of sp³-hybridized carbons (Fsp3) is 0.455. The van der Waals surface area contributed by atoms with Crippen molar-refractivity contribution in [1.82, 2.24) is 0 Å². The molecule has 2 rings (SSSR count). The van der Waals surface area contributed by atoms with Gasteiger partial charge in [-0.15, -0.1) is 23.4 Å². The van der Waals surface area contributed by atoms with E-state index < -0.39 is 6.10 Å². The molecule has 0 bridgehead atoms. The maximum atomic E-state index is 9.59. The second kappa shape index (κ2) is 4.56. The smallest absolute Gasteiger partial charge is 0.0925 e. The lowest BCUT2D eigenvalue weighted by Gasteiger charge is -2.17. The monoisotopic (exact) mass is 228 g/mol. The molecular weight excluding hydrogens is 216 g/mol. The van der Waals surface area contributed by atoms with Gasteiger partial charge in [-0.1, -0.05) is 12.1 Å². The fourth-order valence-electron chi connectivity index (χ4n) is 1.68. The summed E-state index contributed by atoms with van der Waals surface area (Å²) in [7, 11) is 0. The Kier molecular flexibility index (Phi) is 3.37. The summed E-state index contributed by atoms with van der Waals surface area (Å²) < 4.78 is 0. The van der Waals surface area contributed by atoms with Gasteiger partial charge in [0.1, 0.15) is 0 Å². The van der Waals surface area contributed by atoms with E-state index in [9.17, 15) is 5.11 Å². The summed E-state index contributed by atoms with van der Waals surface area (Å²) in [4.78, 5) is 1.36. The van der Waals surface area contributed by atoms with Gasteiger partial charge >= 0.3 is 0 Å². The minimum absolute atomic E-state index is 0.270. The number of alkyl halides is 1. The molecule has 0 saturated heterocycles. The number of rotatable bonds is 2. The maximum absolute atomic E-state index is 9.59. The van der Waals surface area contributed by atoms with E-state index in [1.54, 1.807) is 0 Å². The van der Waals surface area contributed by atoms with E-state index in [2.05, 4.69) is 12.1 Å². The van der Waals surface area contributed by atoms with E-state index in [-0.39, 0.29) is 5.88 Å². The lowest BCUT2D eigenvalue weighted by atomic mass is 10.0. The first-order chi connectivity index (χ1) is 6.81. The third-order valence-corrected chi connectivity index (χ3v) is 3.96. The van der Waals surface area contributed by atoms with Crippen LogP contribution in [0.1, 0.15) is 23.7 Å². The standard InChI is InChI=1S/C11H13ClOS/c12-7-10(13)8-3-4-11-9(6-8)2-1-5-14-11/h3-4,6,10,13H,1-2,5,7H2. The summed E-state index contributed by atoms with van der Waals surface area (Å²) in [5, 5.41) is 9.59. The van der Waals surface area contributed by atoms with Crippen LogP contribution in [0.25, 0.3) is 0 Å². The first-order valence-corrected chi connectivity index (χ1v) is 6.33. The SMILES string of the molecule is OC(CCl)c1ccc2c(c1)CCCS2. The van der Waals surface area contributed by atoms with Gasteiger partial charge in [0.15, 0.2) is 0 Å². The van der Waals surface area contributed by atoms with Gasteiger partial charge in [0, 0.05) is 4.90 Å². The van der Waals surface area contributed by atoms with Crippen LogP contribution < -0.4 is 0 Å². The summed E-state index contributed by atoms with van der Waals surface area (Å²) >= 11 is 7.52. The molecule has 0 saturated carbocycles. The highest BCUT2D eigenvalue weighted by Gasteiger charge is 2.12. The minimum Gasteiger partial charge on any atom is -0.387 e. The van der Waals surface area contributed by atoms with Gasteiger partial charge in [0.25, 0.3) is 0 Å². The van der Waals surface area contributed by atoms with E-state index in [4.69, 9.17) is 11.6 Å². The van der Waals surface area contributed by atoms with Crippen LogP contribution in [-0.2, 0) is 6.42 Å². The van der Waals surface area contributed by atoms with E-state index in [1.165, 1.54) is 22.6 Å². The number of aliphatic hydroxyl groups excluding tert-OH is 1. The first kappa shape index (κ1) is 10.3. The van der Waals surface area contributed by atoms with Gasteiger partial charge in [-0.25, -0.2) is 0 Å². The van der Waals surface area contributed by atoms with E-state index in [1.807, 2.05) is 17.8 Å². The Morgan fingerprint density at radius 1 is 1.50 bits per heavy atom. The number of benzene rings is 1. The van der Waals surface area contributed by atoms with Crippen molar-refractivity contribution in [2.24, 2.45) is 0 Å². The number of fused-ring (bicyclic) bond motifs is 1. The molecule has 0 aromatic heterocycles. The Morgan fingerprint density at radius 2 is 2.36 bits per heavy atom. The zero-order valence-electron chi connectivity index (χ0n) is 7.87. The highest BCUT2D eigenvalue weighted by atomic mass is 35.5. The summed E-state index contributed by atoms with van der Waals surface area (Å²) in [5.74, 6) is 1.48. The van der Waals surface area contributed by atoms with Gasteiger partial charge < -0.3 is 5.11 Å². The highest BCUT2D eigenvalue weighted by Crippen LogP contribution is 2.31. The number of thioether (sulfide) groups is 1. The normalized spacial score (nSPS) is 17.6. The molecule has 1 nitrogen and oxygen atoms in total. The van der Waals surface area contributed by atoms with Crippen molar-refractivity contribution in [2.45, 2.75) is 23.8 Å². The van der Waals surface area contributed by atoms with Gasteiger partial charge in [0.2, 0.25) is 0 Å². The van der Waals surface area contributed by atoms with Crippen LogP contribution in [0.15, 0.2) is 23.1 Å². The molecule has 0 fully saturated rings. The molecule has 1 aromatic carbocycles. The number of aliphatic hydroxyl groups is 1. The average Bonchev–Trinajstić information content (AvgIpc) is 2.27. The third kappa shape index (κ3) is 2.08. The minimum atomic E-state index is -0.520. The fourth-order valence-corrected chi connectivity index (χ4v) is 2.87. The van der Waals surface area contributed by atoms with Gasteiger partial charge in [0.05, 0.1) is 12.0 Å². The molecule has 0 radical (unpaired) electrons. The number of aryl methyl sites for hydroxylation is 1. The summed E-state index contributed by atoms with van der Waals surface area (Å²) in [5.41, 5.74) is 2.31. The number of hydrogen-bond donors (Lipinski definition) is 1. The van der Waals surface area contributed by atoms with Crippen molar-refractivity contribution in [3.05, 3.63) is 29.3 Å². The second-order valence-corrected chi connectivity index (χ2v) is 4.93. The van der Waals surface area contributed by atoms with Crippen molar-refractivity contribution in [2.75, 3.05) is 11.6 Å². The molecule has 1 aliphatic rings. The zero-order chi connectivity index (χ0) is 9.97. The Balaban J connectivity index is 2.29. The molecule has 1 heterocycles. The Hall–Kier alpha value is -0.180. The van der Waals surface area contributed by atoms with Crippen LogP contribution in [0.3, 0.4) is 0 Å². The molecule has 76 valence electrons. The van der Waals surface area contributed by atoms with Crippen LogP contribution in [0.2, 0.25) is 0 Å². The molecule has 0 amide bonds. The van der Waals surface area contributed by atoms with Crippen molar-refractivity contribution >= 4 is 23.4 Å². The van der Waals surface area contributed by atoms with Gasteiger partial charge in [-0.2, -0.15) is 0 Å². The predicted octanol–water partition coefficient (Wildman–Crippen LogP) is 3.00. The maximum Gasteiger partial charge on any atom is 0.0925 e. The van der Waals surface area contributed by atoms with E-state index in [0.29, 0.717) is 0 Å². The lowest BCUT2D eigenvalue weighted by Crippen LogP contribution is -2.03. The third-order valence-electron chi connectivity index (χ3n) is 2.46. The molecule has 1 aromatic rings. The summed E-state index contributed by atoms with van der Waals surface area (Å²) in [6.07, 6.45) is 1.84. The number of halogens is 1. The molecular formula is C11H13ClOS. The zero-order valence-corrected chi connectivity index (χ0v) is 9.44. The molecule has 1 unspecified atom stereocenters. The number of hydrogen-bond acceptors (Lipinski definition) is 2. The van der Waals surface area contributed by atoms with Crippen molar-refractivity contribution in [1.29, 1.82) is 0 Å². The van der Waals surface area contributed by atoms with E-state index in [0.717, 1.165) is 12.0 Å². The van der Waals surface area contributed by atoms with Crippen molar-refractivity contribution in [3.8, 4) is 0 Å². The quantitative estimate of drug-likeness (QED) is 0.786. The second-order valence-electron chi connectivity index (χ2n) is 3.49. The summed E-state index contributed by atoms with van der Waals surface area (Å²) in [6.45, 7) is 0. The Morgan fingerprint density at radius 3 is 3.14 bits per heavy atom. The van der Waals surface area contributed by atoms with Crippen LogP contribution >= 0.6 is 23.4 Å². The molecule has 0 aliphatic carbocycles. The lowest BCUT2D eigenvalue weighted by molar-refractivity contribution is 0.202. The van der Waals surface area contributed by atoms with Crippen LogP contribution in [0.5, 0.6) is 0 Å². The van der Waals surface area contributed by atoms with Crippen LogP contribution in [0, 0.1) is 0 Å². The van der Waals surface area contributed by atoms with Crippen molar-refractivity contribution in [3.63, 3.8) is 0 Å². The molecule has 1 atom stereocenters. The van der Waals surface area contributed by atoms with Crippen LogP contribution in [-0.4, -0.2) is 16.7 Å². The highest BCUT2D eigenvalue weighted by molar-refractivity contribution is 7.99. The molecule has 3 heteroatoms. The topological polar surface area (TPSA) is 20.2 Å². The van der Waals surface area contributed by atoms with Crippen LogP contribution in [0.4, 0.5) is 0 Å². The van der Waals surface area contributed by atoms with E-state index >= 15 is 0 Å². The molecule has 1 aliphatic heterocycles. The largest absolute Gasteiger partial charge is 0.387 e. The molecule has 1 N–H and O–H groups in total. The predicted molar refractivity (Wildman–Crippen MR) is 61.2 cm³/mol. The van der Waals surface area contributed by atoms with Crippen molar-refractivity contribution < 1.29 is 5.11 Å². The molecule has 14 heavy (non-hydrogen) atoms. The summed E-state index contributed by atoms with van der Waals surface area (Å²) in [6, 6.07) is 6.17. The first-order valence-electron chi connectivity index (χ1n) is 4.81. The van der Waals surface area contributed by atoms with Gasteiger partial charge in [-0.3, -0.25) is 0 Å².